The van der Waals surface area contributed by atoms with Crippen LogP contribution in [-0.4, -0.2) is 42.4 Å². The van der Waals surface area contributed by atoms with Gasteiger partial charge in [0, 0.05) is 23.1 Å². The minimum atomic E-state index is 0.219. The average Bonchev–Trinajstić information content (AvgIpc) is 3.04. The molecular formula is C19H23BrN2O2. The molecule has 1 fully saturated rings. The molecule has 2 heterocycles. The molecule has 0 N–H and O–H groups in total. The number of rotatable bonds is 5. The topological polar surface area (TPSA) is 36.7 Å². The summed E-state index contributed by atoms with van der Waals surface area (Å²) in [6.07, 6.45) is 3.50. The van der Waals surface area contributed by atoms with E-state index < -0.39 is 0 Å². The van der Waals surface area contributed by atoms with Gasteiger partial charge in [-0.1, -0.05) is 28.1 Å². The zero-order valence-electron chi connectivity index (χ0n) is 14.0. The number of likely N-dealkylation sites (N-methyl/N-ethyl adjacent to an activating group) is 1. The zero-order valence-corrected chi connectivity index (χ0v) is 15.6. The first-order valence-electron chi connectivity index (χ1n) is 8.43. The Morgan fingerprint density at radius 1 is 1.12 bits per heavy atom. The summed E-state index contributed by atoms with van der Waals surface area (Å²) in [7, 11) is 1.96. The Balaban J connectivity index is 1.55. The Morgan fingerprint density at radius 2 is 1.83 bits per heavy atom. The van der Waals surface area contributed by atoms with Gasteiger partial charge in [-0.25, -0.2) is 0 Å². The van der Waals surface area contributed by atoms with E-state index in [1.165, 1.54) is 6.42 Å². The predicted molar refractivity (Wildman–Crippen MR) is 98.6 cm³/mol. The Bertz CT molecular complexity index is 675. The minimum Gasteiger partial charge on any atom is -0.460 e. The van der Waals surface area contributed by atoms with Gasteiger partial charge in [-0.05, 0) is 50.6 Å². The van der Waals surface area contributed by atoms with Gasteiger partial charge in [0.25, 0.3) is 0 Å². The molecule has 0 aliphatic carbocycles. The number of carbonyl (C=O) groups is 1. The maximum absolute atomic E-state index is 12.3. The van der Waals surface area contributed by atoms with E-state index in [1.807, 2.05) is 53.2 Å². The van der Waals surface area contributed by atoms with Gasteiger partial charge in [0.05, 0.1) is 13.1 Å². The maximum atomic E-state index is 12.3. The third kappa shape index (κ3) is 4.48. The SMILES string of the molecule is CN(CC(=O)N1CCCCC1)Cc1ccc(-c2ccc(Br)cc2)o1. The second-order valence-corrected chi connectivity index (χ2v) is 7.30. The number of amides is 1. The minimum absolute atomic E-state index is 0.219. The summed E-state index contributed by atoms with van der Waals surface area (Å²) in [5.41, 5.74) is 1.05. The highest BCUT2D eigenvalue weighted by molar-refractivity contribution is 9.10. The van der Waals surface area contributed by atoms with Crippen molar-refractivity contribution < 1.29 is 9.21 Å². The van der Waals surface area contributed by atoms with Crippen molar-refractivity contribution in [2.24, 2.45) is 0 Å². The lowest BCUT2D eigenvalue weighted by atomic mass is 10.1. The van der Waals surface area contributed by atoms with Gasteiger partial charge in [-0.15, -0.1) is 0 Å². The van der Waals surface area contributed by atoms with Crippen LogP contribution in [0.4, 0.5) is 0 Å². The number of benzene rings is 1. The summed E-state index contributed by atoms with van der Waals surface area (Å²) in [6, 6.07) is 12.0. The van der Waals surface area contributed by atoms with E-state index in [9.17, 15) is 4.79 Å². The lowest BCUT2D eigenvalue weighted by Gasteiger charge is -2.28. The largest absolute Gasteiger partial charge is 0.460 e. The molecule has 0 bridgehead atoms. The van der Waals surface area contributed by atoms with Crippen LogP contribution in [-0.2, 0) is 11.3 Å². The van der Waals surface area contributed by atoms with E-state index in [0.29, 0.717) is 13.1 Å². The number of hydrogen-bond donors (Lipinski definition) is 0. The molecule has 1 aromatic heterocycles. The lowest BCUT2D eigenvalue weighted by molar-refractivity contribution is -0.133. The zero-order chi connectivity index (χ0) is 16.9. The number of piperidine rings is 1. The normalized spacial score (nSPS) is 15.0. The first kappa shape index (κ1) is 17.2. The maximum Gasteiger partial charge on any atom is 0.236 e. The van der Waals surface area contributed by atoms with Crippen molar-refractivity contribution in [2.75, 3.05) is 26.7 Å². The highest BCUT2D eigenvalue weighted by Gasteiger charge is 2.18. The van der Waals surface area contributed by atoms with Crippen LogP contribution in [0, 0.1) is 0 Å². The van der Waals surface area contributed by atoms with Crippen molar-refractivity contribution in [3.8, 4) is 11.3 Å². The molecule has 0 radical (unpaired) electrons. The third-order valence-electron chi connectivity index (χ3n) is 4.33. The van der Waals surface area contributed by atoms with E-state index in [1.54, 1.807) is 0 Å². The molecule has 0 spiro atoms. The third-order valence-corrected chi connectivity index (χ3v) is 4.86. The second-order valence-electron chi connectivity index (χ2n) is 6.39. The molecule has 4 nitrogen and oxygen atoms in total. The van der Waals surface area contributed by atoms with E-state index in [-0.39, 0.29) is 5.91 Å². The van der Waals surface area contributed by atoms with E-state index >= 15 is 0 Å². The average molecular weight is 391 g/mol. The fourth-order valence-electron chi connectivity index (χ4n) is 3.03. The van der Waals surface area contributed by atoms with E-state index in [4.69, 9.17) is 4.42 Å². The number of hydrogen-bond acceptors (Lipinski definition) is 3. The van der Waals surface area contributed by atoms with Crippen molar-refractivity contribution >= 4 is 21.8 Å². The molecule has 5 heteroatoms. The molecular weight excluding hydrogens is 368 g/mol. The molecule has 1 aliphatic rings. The molecule has 2 aromatic rings. The Labute approximate surface area is 151 Å². The number of halogens is 1. The number of likely N-dealkylation sites (tertiary alicyclic amines) is 1. The Kier molecular flexibility index (Phi) is 5.74. The molecule has 0 atom stereocenters. The molecule has 1 aliphatic heterocycles. The fraction of sp³-hybridized carbons (Fsp3) is 0.421. The van der Waals surface area contributed by atoms with Gasteiger partial charge in [0.15, 0.2) is 0 Å². The first-order valence-corrected chi connectivity index (χ1v) is 9.22. The molecule has 3 rings (SSSR count). The van der Waals surface area contributed by atoms with Crippen LogP contribution in [0.1, 0.15) is 25.0 Å². The van der Waals surface area contributed by atoms with Gasteiger partial charge in [-0.3, -0.25) is 9.69 Å². The van der Waals surface area contributed by atoms with Gasteiger partial charge < -0.3 is 9.32 Å². The summed E-state index contributed by atoms with van der Waals surface area (Å²) in [5, 5.41) is 0. The van der Waals surface area contributed by atoms with Crippen LogP contribution in [0.3, 0.4) is 0 Å². The van der Waals surface area contributed by atoms with Crippen molar-refractivity contribution in [3.63, 3.8) is 0 Å². The summed E-state index contributed by atoms with van der Waals surface area (Å²) in [6.45, 7) is 2.88. The van der Waals surface area contributed by atoms with Crippen LogP contribution in [0.5, 0.6) is 0 Å². The summed E-state index contributed by atoms with van der Waals surface area (Å²) in [4.78, 5) is 16.3. The summed E-state index contributed by atoms with van der Waals surface area (Å²) < 4.78 is 6.98. The van der Waals surface area contributed by atoms with Gasteiger partial charge >= 0.3 is 0 Å². The van der Waals surface area contributed by atoms with Crippen LogP contribution < -0.4 is 0 Å². The second kappa shape index (κ2) is 7.99. The van der Waals surface area contributed by atoms with Crippen molar-refractivity contribution in [3.05, 3.63) is 46.6 Å². The van der Waals surface area contributed by atoms with E-state index in [0.717, 1.165) is 47.5 Å². The standard InChI is InChI=1S/C19H23BrN2O2/c1-21(14-19(23)22-11-3-2-4-12-22)13-17-9-10-18(24-17)15-5-7-16(20)8-6-15/h5-10H,2-4,11-14H2,1H3. The van der Waals surface area contributed by atoms with Gasteiger partial charge in [-0.2, -0.15) is 0 Å². The highest BCUT2D eigenvalue weighted by atomic mass is 79.9. The molecule has 1 saturated heterocycles. The Morgan fingerprint density at radius 3 is 2.54 bits per heavy atom. The van der Waals surface area contributed by atoms with Gasteiger partial charge in [0.2, 0.25) is 5.91 Å². The van der Waals surface area contributed by atoms with Crippen molar-refractivity contribution in [1.29, 1.82) is 0 Å². The number of carbonyl (C=O) groups excluding carboxylic acids is 1. The molecule has 1 amide bonds. The van der Waals surface area contributed by atoms with Crippen molar-refractivity contribution in [1.82, 2.24) is 9.80 Å². The molecule has 24 heavy (non-hydrogen) atoms. The molecule has 0 saturated carbocycles. The first-order chi connectivity index (χ1) is 11.6. The Hall–Kier alpha value is -1.59. The predicted octanol–water partition coefficient (Wildman–Crippen LogP) is 4.15. The summed E-state index contributed by atoms with van der Waals surface area (Å²) in [5.74, 6) is 1.95. The van der Waals surface area contributed by atoms with Crippen LogP contribution in [0.25, 0.3) is 11.3 Å². The van der Waals surface area contributed by atoms with Crippen LogP contribution in [0.15, 0.2) is 45.3 Å². The van der Waals surface area contributed by atoms with Gasteiger partial charge in [0.1, 0.15) is 11.5 Å². The highest BCUT2D eigenvalue weighted by Crippen LogP contribution is 2.24. The van der Waals surface area contributed by atoms with E-state index in [2.05, 4.69) is 15.9 Å². The molecule has 128 valence electrons. The lowest BCUT2D eigenvalue weighted by Crippen LogP contribution is -2.41. The smallest absolute Gasteiger partial charge is 0.236 e. The monoisotopic (exact) mass is 390 g/mol. The fourth-order valence-corrected chi connectivity index (χ4v) is 3.29. The van der Waals surface area contributed by atoms with Crippen LogP contribution >= 0.6 is 15.9 Å². The molecule has 1 aromatic carbocycles. The summed E-state index contributed by atoms with van der Waals surface area (Å²) >= 11 is 3.44. The quantitative estimate of drug-likeness (QED) is 0.768. The number of furan rings is 1. The number of nitrogens with zero attached hydrogens (tertiary/aromatic N) is 2. The molecule has 0 unspecified atom stereocenters. The van der Waals surface area contributed by atoms with Crippen molar-refractivity contribution in [2.45, 2.75) is 25.8 Å². The van der Waals surface area contributed by atoms with Crippen LogP contribution in [0.2, 0.25) is 0 Å².